The summed E-state index contributed by atoms with van der Waals surface area (Å²) in [6, 6.07) is 9.78. The quantitative estimate of drug-likeness (QED) is 0.748. The molecular weight excluding hydrogens is 376 g/mol. The molecule has 0 bridgehead atoms. The molecule has 1 aliphatic heterocycles. The van der Waals surface area contributed by atoms with Gasteiger partial charge >= 0.3 is 0 Å². The minimum Gasteiger partial charge on any atom is -0.338 e. The Bertz CT molecular complexity index is 662. The highest BCUT2D eigenvalue weighted by Crippen LogP contribution is 2.27. The number of benzene rings is 1. The number of piperazine rings is 1. The molecule has 1 aliphatic rings. The maximum absolute atomic E-state index is 12.4. The molecule has 2 heterocycles. The normalized spacial score (nSPS) is 14.8. The number of amides is 1. The topological polar surface area (TPSA) is 49.3 Å². The van der Waals surface area contributed by atoms with Crippen LogP contribution >= 0.6 is 27.7 Å². The molecule has 23 heavy (non-hydrogen) atoms. The van der Waals surface area contributed by atoms with Crippen LogP contribution in [0.5, 0.6) is 0 Å². The number of anilines is 1. The van der Waals surface area contributed by atoms with Crippen LogP contribution in [0.1, 0.15) is 0 Å². The SMILES string of the molecule is O=C(CSc1ccccc1Br)N1CCN(c2ncccn2)CC1. The lowest BCUT2D eigenvalue weighted by atomic mass is 10.3. The van der Waals surface area contributed by atoms with Crippen LogP contribution in [0.3, 0.4) is 0 Å². The van der Waals surface area contributed by atoms with Crippen molar-refractivity contribution in [3.8, 4) is 0 Å². The van der Waals surface area contributed by atoms with Crippen molar-refractivity contribution in [2.75, 3.05) is 36.8 Å². The van der Waals surface area contributed by atoms with E-state index < -0.39 is 0 Å². The summed E-state index contributed by atoms with van der Waals surface area (Å²) in [6.45, 7) is 2.98. The largest absolute Gasteiger partial charge is 0.338 e. The van der Waals surface area contributed by atoms with Gasteiger partial charge < -0.3 is 9.80 Å². The molecule has 1 aromatic heterocycles. The van der Waals surface area contributed by atoms with Gasteiger partial charge in [-0.3, -0.25) is 4.79 Å². The first-order chi connectivity index (χ1) is 11.2. The lowest BCUT2D eigenvalue weighted by Gasteiger charge is -2.34. The van der Waals surface area contributed by atoms with Gasteiger partial charge in [-0.1, -0.05) is 12.1 Å². The summed E-state index contributed by atoms with van der Waals surface area (Å²) in [4.78, 5) is 26.0. The van der Waals surface area contributed by atoms with Crippen LogP contribution in [0, 0.1) is 0 Å². The molecule has 1 fully saturated rings. The van der Waals surface area contributed by atoms with Crippen LogP contribution in [-0.4, -0.2) is 52.7 Å². The van der Waals surface area contributed by atoms with Gasteiger partial charge in [-0.2, -0.15) is 0 Å². The average Bonchev–Trinajstić information content (AvgIpc) is 2.62. The van der Waals surface area contributed by atoms with E-state index in [9.17, 15) is 4.79 Å². The van der Waals surface area contributed by atoms with E-state index in [1.54, 1.807) is 24.2 Å². The summed E-state index contributed by atoms with van der Waals surface area (Å²) >= 11 is 5.08. The number of aromatic nitrogens is 2. The molecule has 3 rings (SSSR count). The van der Waals surface area contributed by atoms with Crippen molar-refractivity contribution >= 4 is 39.5 Å². The highest BCUT2D eigenvalue weighted by molar-refractivity contribution is 9.10. The van der Waals surface area contributed by atoms with Gasteiger partial charge in [0.2, 0.25) is 11.9 Å². The summed E-state index contributed by atoms with van der Waals surface area (Å²) in [5.74, 6) is 1.38. The van der Waals surface area contributed by atoms with Crippen LogP contribution in [0.25, 0.3) is 0 Å². The number of carbonyl (C=O) groups excluding carboxylic acids is 1. The van der Waals surface area contributed by atoms with Crippen molar-refractivity contribution in [3.05, 3.63) is 47.2 Å². The second-order valence-corrected chi connectivity index (χ2v) is 7.01. The second-order valence-electron chi connectivity index (χ2n) is 5.14. The molecule has 1 saturated heterocycles. The molecule has 0 saturated carbocycles. The number of hydrogen-bond donors (Lipinski definition) is 0. The maximum Gasteiger partial charge on any atom is 0.233 e. The fourth-order valence-electron chi connectivity index (χ4n) is 2.40. The molecule has 1 amide bonds. The van der Waals surface area contributed by atoms with E-state index in [0.29, 0.717) is 18.8 Å². The van der Waals surface area contributed by atoms with E-state index in [1.165, 1.54) is 0 Å². The summed E-state index contributed by atoms with van der Waals surface area (Å²) in [7, 11) is 0. The summed E-state index contributed by atoms with van der Waals surface area (Å²) in [5.41, 5.74) is 0. The van der Waals surface area contributed by atoms with E-state index in [4.69, 9.17) is 0 Å². The number of nitrogens with zero attached hydrogens (tertiary/aromatic N) is 4. The summed E-state index contributed by atoms with van der Waals surface area (Å²) in [5, 5.41) is 0. The molecule has 0 N–H and O–H groups in total. The van der Waals surface area contributed by atoms with Crippen LogP contribution in [-0.2, 0) is 4.79 Å². The number of carbonyl (C=O) groups is 1. The van der Waals surface area contributed by atoms with Gasteiger partial charge in [-0.05, 0) is 34.1 Å². The van der Waals surface area contributed by atoms with Crippen molar-refractivity contribution in [2.45, 2.75) is 4.90 Å². The Balaban J connectivity index is 1.50. The van der Waals surface area contributed by atoms with Crippen molar-refractivity contribution in [1.29, 1.82) is 0 Å². The van der Waals surface area contributed by atoms with E-state index >= 15 is 0 Å². The maximum atomic E-state index is 12.4. The van der Waals surface area contributed by atoms with Crippen LogP contribution < -0.4 is 4.90 Å². The summed E-state index contributed by atoms with van der Waals surface area (Å²) in [6.07, 6.45) is 3.49. The van der Waals surface area contributed by atoms with E-state index in [1.807, 2.05) is 35.2 Å². The number of hydrogen-bond acceptors (Lipinski definition) is 5. The fraction of sp³-hybridized carbons (Fsp3) is 0.312. The zero-order chi connectivity index (χ0) is 16.1. The molecule has 0 atom stereocenters. The zero-order valence-electron chi connectivity index (χ0n) is 12.6. The number of rotatable bonds is 4. The Morgan fingerprint density at radius 2 is 1.78 bits per heavy atom. The third kappa shape index (κ3) is 4.23. The third-order valence-electron chi connectivity index (χ3n) is 3.66. The lowest BCUT2D eigenvalue weighted by molar-refractivity contribution is -0.128. The molecule has 0 radical (unpaired) electrons. The highest BCUT2D eigenvalue weighted by atomic mass is 79.9. The van der Waals surface area contributed by atoms with Gasteiger partial charge in [-0.25, -0.2) is 9.97 Å². The minimum atomic E-state index is 0.180. The van der Waals surface area contributed by atoms with Gasteiger partial charge in [0.25, 0.3) is 0 Å². The Morgan fingerprint density at radius 1 is 1.09 bits per heavy atom. The van der Waals surface area contributed by atoms with E-state index in [-0.39, 0.29) is 5.91 Å². The molecule has 1 aromatic carbocycles. The average molecular weight is 393 g/mol. The van der Waals surface area contributed by atoms with Gasteiger partial charge in [0.1, 0.15) is 0 Å². The molecule has 7 heteroatoms. The first kappa shape index (κ1) is 16.3. The number of thioether (sulfide) groups is 1. The smallest absolute Gasteiger partial charge is 0.233 e. The van der Waals surface area contributed by atoms with Crippen molar-refractivity contribution in [2.24, 2.45) is 0 Å². The van der Waals surface area contributed by atoms with Crippen LogP contribution in [0.15, 0.2) is 52.1 Å². The third-order valence-corrected chi connectivity index (χ3v) is 5.67. The van der Waals surface area contributed by atoms with Crippen LogP contribution in [0.4, 0.5) is 5.95 Å². The van der Waals surface area contributed by atoms with Crippen molar-refractivity contribution < 1.29 is 4.79 Å². The Kier molecular flexibility index (Phi) is 5.51. The predicted octanol–water partition coefficient (Wildman–Crippen LogP) is 2.68. The van der Waals surface area contributed by atoms with Gasteiger partial charge in [0.15, 0.2) is 0 Å². The van der Waals surface area contributed by atoms with E-state index in [2.05, 4.69) is 30.8 Å². The molecule has 2 aromatic rings. The van der Waals surface area contributed by atoms with Gasteiger partial charge in [-0.15, -0.1) is 11.8 Å². The molecule has 0 aliphatic carbocycles. The monoisotopic (exact) mass is 392 g/mol. The zero-order valence-corrected chi connectivity index (χ0v) is 15.0. The lowest BCUT2D eigenvalue weighted by Crippen LogP contribution is -2.49. The number of halogens is 1. The van der Waals surface area contributed by atoms with E-state index in [0.717, 1.165) is 28.4 Å². The fourth-order valence-corrected chi connectivity index (χ4v) is 3.87. The Labute approximate surface area is 148 Å². The van der Waals surface area contributed by atoms with Gasteiger partial charge in [0, 0.05) is 47.9 Å². The van der Waals surface area contributed by atoms with Gasteiger partial charge in [0.05, 0.1) is 5.75 Å². The van der Waals surface area contributed by atoms with Crippen molar-refractivity contribution in [1.82, 2.24) is 14.9 Å². The minimum absolute atomic E-state index is 0.180. The first-order valence-corrected chi connectivity index (χ1v) is 9.19. The highest BCUT2D eigenvalue weighted by Gasteiger charge is 2.22. The molecule has 0 unspecified atom stereocenters. The molecule has 5 nitrogen and oxygen atoms in total. The first-order valence-electron chi connectivity index (χ1n) is 7.41. The Hall–Kier alpha value is -1.60. The molecule has 0 spiro atoms. The Morgan fingerprint density at radius 3 is 2.48 bits per heavy atom. The standard InChI is InChI=1S/C16H17BrN4OS/c17-13-4-1-2-5-14(13)23-12-15(22)20-8-10-21(11-9-20)16-18-6-3-7-19-16/h1-7H,8-12H2. The van der Waals surface area contributed by atoms with Crippen molar-refractivity contribution in [3.63, 3.8) is 0 Å². The molecule has 120 valence electrons. The predicted molar refractivity (Wildman–Crippen MR) is 95.7 cm³/mol. The van der Waals surface area contributed by atoms with Crippen LogP contribution in [0.2, 0.25) is 0 Å². The molecular formula is C16H17BrN4OS. The second kappa shape index (κ2) is 7.79. The summed E-state index contributed by atoms with van der Waals surface area (Å²) < 4.78 is 1.03.